The van der Waals surface area contributed by atoms with Gasteiger partial charge in [-0.15, -0.1) is 0 Å². The molecule has 18 heavy (non-hydrogen) atoms. The van der Waals surface area contributed by atoms with E-state index in [1.165, 1.54) is 10.9 Å². The van der Waals surface area contributed by atoms with E-state index in [0.717, 1.165) is 21.3 Å². The quantitative estimate of drug-likeness (QED) is 0.610. The largest absolute Gasteiger partial charge is 0.346 e. The predicted octanol–water partition coefficient (Wildman–Crippen LogP) is 4.87. The molecule has 0 fully saturated rings. The van der Waals surface area contributed by atoms with Crippen LogP contribution < -0.4 is 0 Å². The van der Waals surface area contributed by atoms with Gasteiger partial charge < -0.3 is 4.98 Å². The maximum Gasteiger partial charge on any atom is 0.111 e. The molecule has 0 aliphatic heterocycles. The molecule has 3 rings (SSSR count). The van der Waals surface area contributed by atoms with E-state index in [9.17, 15) is 0 Å². The Morgan fingerprint density at radius 2 is 1.72 bits per heavy atom. The van der Waals surface area contributed by atoms with Crippen molar-refractivity contribution in [2.24, 2.45) is 0 Å². The molecule has 0 radical (unpaired) electrons. The maximum absolute atomic E-state index is 5.43. The minimum Gasteiger partial charge on any atom is -0.346 e. The fourth-order valence-corrected chi connectivity index (χ4v) is 2.46. The molecule has 0 amide bonds. The zero-order chi connectivity index (χ0) is 12.5. The number of benzene rings is 2. The van der Waals surface area contributed by atoms with E-state index < -0.39 is 0 Å². The van der Waals surface area contributed by atoms with Crippen molar-refractivity contribution >= 4 is 23.0 Å². The van der Waals surface area contributed by atoms with Crippen LogP contribution in [-0.4, -0.2) is 4.98 Å². The summed E-state index contributed by atoms with van der Waals surface area (Å²) in [5.74, 6) is 0. The highest BCUT2D eigenvalue weighted by Gasteiger charge is 2.01. The molecule has 0 aliphatic carbocycles. The Labute approximate surface area is 111 Å². The lowest BCUT2D eigenvalue weighted by Gasteiger charge is -2.06. The Hall–Kier alpha value is -1.93. The normalized spacial score (nSPS) is 10.7. The molecule has 1 N–H and O–H groups in total. The Bertz CT molecular complexity index is 757. The van der Waals surface area contributed by atoms with Crippen LogP contribution in [0.2, 0.25) is 0 Å². The molecule has 0 spiro atoms. The summed E-state index contributed by atoms with van der Waals surface area (Å²) in [4.78, 5) is 3.30. The molecule has 1 aromatic heterocycles. The molecule has 0 saturated heterocycles. The van der Waals surface area contributed by atoms with Crippen LogP contribution in [0.15, 0.2) is 54.6 Å². The average molecular weight is 251 g/mol. The smallest absolute Gasteiger partial charge is 0.111 e. The molecule has 1 nitrogen and oxygen atoms in total. The van der Waals surface area contributed by atoms with Crippen molar-refractivity contribution in [3.63, 3.8) is 0 Å². The summed E-state index contributed by atoms with van der Waals surface area (Å²) in [7, 11) is 0. The van der Waals surface area contributed by atoms with Gasteiger partial charge in [-0.1, -0.05) is 66.3 Å². The van der Waals surface area contributed by atoms with Crippen LogP contribution in [0.1, 0.15) is 5.56 Å². The van der Waals surface area contributed by atoms with Gasteiger partial charge in [0.05, 0.1) is 0 Å². The summed E-state index contributed by atoms with van der Waals surface area (Å²) in [6.45, 7) is 2.10. The van der Waals surface area contributed by atoms with Gasteiger partial charge in [-0.2, -0.15) is 0 Å². The summed E-state index contributed by atoms with van der Waals surface area (Å²) in [6, 6.07) is 18.8. The highest BCUT2D eigenvalue weighted by Crippen LogP contribution is 2.23. The number of aryl methyl sites for hydroxylation is 1. The molecular formula is C16H13NS. The lowest BCUT2D eigenvalue weighted by Crippen LogP contribution is -1.86. The fraction of sp³-hybridized carbons (Fsp3) is 0.0625. The molecule has 0 unspecified atom stereocenters. The summed E-state index contributed by atoms with van der Waals surface area (Å²) in [5, 5.41) is 2.30. The molecule has 2 heteroatoms. The molecule has 0 aliphatic rings. The van der Waals surface area contributed by atoms with Crippen LogP contribution in [0, 0.1) is 11.6 Å². The second kappa shape index (κ2) is 4.39. The van der Waals surface area contributed by atoms with Crippen LogP contribution in [0.5, 0.6) is 0 Å². The molecule has 1 heterocycles. The third-order valence-corrected chi connectivity index (χ3v) is 3.41. The Morgan fingerprint density at radius 1 is 0.944 bits per heavy atom. The first kappa shape index (κ1) is 11.2. The first-order valence-corrected chi connectivity index (χ1v) is 6.34. The molecule has 0 saturated carbocycles. The standard InChI is InChI=1S/C16H13NS/c1-11-7-8-14-13(9-11)10-15(17-16(14)18)12-5-3-2-4-6-12/h2-10H,1H3,(H,17,18). The zero-order valence-corrected chi connectivity index (χ0v) is 10.9. The third-order valence-electron chi connectivity index (χ3n) is 3.08. The van der Waals surface area contributed by atoms with Crippen molar-refractivity contribution in [3.8, 4) is 11.3 Å². The number of aromatic nitrogens is 1. The maximum atomic E-state index is 5.43. The minimum atomic E-state index is 0.798. The Balaban J connectivity index is 2.30. The van der Waals surface area contributed by atoms with E-state index in [2.05, 4.69) is 48.3 Å². The number of aromatic amines is 1. The van der Waals surface area contributed by atoms with Crippen LogP contribution in [-0.2, 0) is 0 Å². The number of fused-ring (bicyclic) bond motifs is 1. The van der Waals surface area contributed by atoms with E-state index in [-0.39, 0.29) is 0 Å². The van der Waals surface area contributed by atoms with Gasteiger partial charge in [0, 0.05) is 11.1 Å². The Kier molecular flexibility index (Phi) is 2.73. The number of nitrogens with one attached hydrogen (secondary N) is 1. The molecule has 0 bridgehead atoms. The summed E-state index contributed by atoms with van der Waals surface area (Å²) < 4.78 is 0.798. The van der Waals surface area contributed by atoms with Crippen molar-refractivity contribution in [2.45, 2.75) is 6.92 Å². The second-order valence-corrected chi connectivity index (χ2v) is 4.88. The summed E-state index contributed by atoms with van der Waals surface area (Å²) in [5.41, 5.74) is 3.48. The van der Waals surface area contributed by atoms with E-state index in [0.29, 0.717) is 0 Å². The molecule has 2 aromatic carbocycles. The zero-order valence-electron chi connectivity index (χ0n) is 10.1. The topological polar surface area (TPSA) is 15.8 Å². The summed E-state index contributed by atoms with van der Waals surface area (Å²) in [6.07, 6.45) is 0. The van der Waals surface area contributed by atoms with Crippen molar-refractivity contribution < 1.29 is 0 Å². The molecular weight excluding hydrogens is 238 g/mol. The van der Waals surface area contributed by atoms with Gasteiger partial charge >= 0.3 is 0 Å². The predicted molar refractivity (Wildman–Crippen MR) is 79.3 cm³/mol. The third kappa shape index (κ3) is 1.95. The SMILES string of the molecule is Cc1ccc2c(=S)[nH]c(-c3ccccc3)cc2c1. The van der Waals surface area contributed by atoms with E-state index in [1.54, 1.807) is 0 Å². The van der Waals surface area contributed by atoms with Crippen LogP contribution in [0.4, 0.5) is 0 Å². The van der Waals surface area contributed by atoms with Crippen LogP contribution >= 0.6 is 12.2 Å². The van der Waals surface area contributed by atoms with Gasteiger partial charge in [0.2, 0.25) is 0 Å². The summed E-state index contributed by atoms with van der Waals surface area (Å²) >= 11 is 5.43. The van der Waals surface area contributed by atoms with Crippen molar-refractivity contribution in [2.75, 3.05) is 0 Å². The number of hydrogen-bond donors (Lipinski definition) is 1. The van der Waals surface area contributed by atoms with Crippen LogP contribution in [0.3, 0.4) is 0 Å². The number of rotatable bonds is 1. The number of pyridine rings is 1. The number of hydrogen-bond acceptors (Lipinski definition) is 1. The van der Waals surface area contributed by atoms with E-state index in [1.807, 2.05) is 18.2 Å². The Morgan fingerprint density at radius 3 is 2.50 bits per heavy atom. The second-order valence-electron chi connectivity index (χ2n) is 4.47. The molecule has 0 atom stereocenters. The van der Waals surface area contributed by atoms with Crippen molar-refractivity contribution in [1.82, 2.24) is 4.98 Å². The first-order chi connectivity index (χ1) is 8.74. The molecule has 3 aromatic rings. The lowest BCUT2D eigenvalue weighted by molar-refractivity contribution is 1.33. The minimum absolute atomic E-state index is 0.798. The fourth-order valence-electron chi connectivity index (χ4n) is 2.16. The van der Waals surface area contributed by atoms with Gasteiger partial charge in [-0.25, -0.2) is 0 Å². The molecule has 88 valence electrons. The van der Waals surface area contributed by atoms with Gasteiger partial charge in [0.25, 0.3) is 0 Å². The van der Waals surface area contributed by atoms with E-state index in [4.69, 9.17) is 12.2 Å². The monoisotopic (exact) mass is 251 g/mol. The lowest BCUT2D eigenvalue weighted by atomic mass is 10.1. The average Bonchev–Trinajstić information content (AvgIpc) is 2.39. The van der Waals surface area contributed by atoms with Gasteiger partial charge in [0.15, 0.2) is 0 Å². The first-order valence-electron chi connectivity index (χ1n) is 5.93. The van der Waals surface area contributed by atoms with Crippen molar-refractivity contribution in [1.29, 1.82) is 0 Å². The van der Waals surface area contributed by atoms with Crippen LogP contribution in [0.25, 0.3) is 22.0 Å². The van der Waals surface area contributed by atoms with E-state index >= 15 is 0 Å². The highest BCUT2D eigenvalue weighted by molar-refractivity contribution is 7.71. The van der Waals surface area contributed by atoms with Gasteiger partial charge in [-0.05, 0) is 23.9 Å². The van der Waals surface area contributed by atoms with Crippen molar-refractivity contribution in [3.05, 3.63) is 64.8 Å². The van der Waals surface area contributed by atoms with Gasteiger partial charge in [0.1, 0.15) is 4.64 Å². The van der Waals surface area contributed by atoms with Gasteiger partial charge in [-0.3, -0.25) is 0 Å². The number of H-pyrrole nitrogens is 1. The highest BCUT2D eigenvalue weighted by atomic mass is 32.1.